The van der Waals surface area contributed by atoms with Crippen LogP contribution < -0.4 is 16.8 Å². The molecule has 2 unspecified atom stereocenters. The van der Waals surface area contributed by atoms with Crippen LogP contribution >= 0.6 is 0 Å². The van der Waals surface area contributed by atoms with Gasteiger partial charge < -0.3 is 26.3 Å². The highest BCUT2D eigenvalue weighted by Crippen LogP contribution is 2.01. The van der Waals surface area contributed by atoms with Crippen molar-refractivity contribution in [2.75, 3.05) is 26.3 Å². The monoisotopic (exact) mass is 343 g/mol. The molecule has 0 radical (unpaired) electrons. The average molecular weight is 343 g/mol. The van der Waals surface area contributed by atoms with Gasteiger partial charge in [0.15, 0.2) is 0 Å². The van der Waals surface area contributed by atoms with E-state index in [1.807, 2.05) is 60.7 Å². The molecular weight excluding hydrogens is 314 g/mol. The Kier molecular flexibility index (Phi) is 9.18. The Morgan fingerprint density at radius 3 is 1.48 bits per heavy atom. The van der Waals surface area contributed by atoms with Gasteiger partial charge in [-0.3, -0.25) is 0 Å². The van der Waals surface area contributed by atoms with E-state index < -0.39 is 0 Å². The van der Waals surface area contributed by atoms with Crippen LogP contribution in [-0.4, -0.2) is 38.4 Å². The zero-order valence-electron chi connectivity index (χ0n) is 14.6. The van der Waals surface area contributed by atoms with Gasteiger partial charge in [0.1, 0.15) is 0 Å². The maximum absolute atomic E-state index is 6.04. The van der Waals surface area contributed by atoms with E-state index in [2.05, 4.69) is 5.32 Å². The SMILES string of the molecule is NC(CNCC(N)COCc1ccccc1)COCc1ccccc1. The first-order valence-corrected chi connectivity index (χ1v) is 8.69. The lowest BCUT2D eigenvalue weighted by Gasteiger charge is -2.16. The number of rotatable bonds is 12. The molecule has 136 valence electrons. The fraction of sp³-hybridized carbons (Fsp3) is 0.400. The van der Waals surface area contributed by atoms with Crippen molar-refractivity contribution in [1.29, 1.82) is 0 Å². The van der Waals surface area contributed by atoms with E-state index in [1.165, 1.54) is 0 Å². The van der Waals surface area contributed by atoms with Gasteiger partial charge in [0.25, 0.3) is 0 Å². The molecule has 0 amide bonds. The highest BCUT2D eigenvalue weighted by Gasteiger charge is 2.06. The van der Waals surface area contributed by atoms with Crippen LogP contribution in [0, 0.1) is 0 Å². The fourth-order valence-corrected chi connectivity index (χ4v) is 2.38. The normalized spacial score (nSPS) is 13.5. The Bertz CT molecular complexity index is 514. The second-order valence-electron chi connectivity index (χ2n) is 6.18. The highest BCUT2D eigenvalue weighted by molar-refractivity contribution is 5.14. The van der Waals surface area contributed by atoms with E-state index in [-0.39, 0.29) is 12.1 Å². The molecule has 0 saturated carbocycles. The van der Waals surface area contributed by atoms with Crippen LogP contribution in [0.5, 0.6) is 0 Å². The molecule has 0 saturated heterocycles. The van der Waals surface area contributed by atoms with Gasteiger partial charge in [0.05, 0.1) is 26.4 Å². The first-order chi connectivity index (χ1) is 12.2. The van der Waals surface area contributed by atoms with Crippen LogP contribution in [0.1, 0.15) is 11.1 Å². The molecule has 5 nitrogen and oxygen atoms in total. The predicted molar refractivity (Wildman–Crippen MR) is 101 cm³/mol. The van der Waals surface area contributed by atoms with E-state index in [1.54, 1.807) is 0 Å². The van der Waals surface area contributed by atoms with Crippen LogP contribution in [0.15, 0.2) is 60.7 Å². The molecule has 25 heavy (non-hydrogen) atoms. The van der Waals surface area contributed by atoms with E-state index in [4.69, 9.17) is 20.9 Å². The van der Waals surface area contributed by atoms with E-state index in [9.17, 15) is 0 Å². The second kappa shape index (κ2) is 11.7. The van der Waals surface area contributed by atoms with E-state index >= 15 is 0 Å². The summed E-state index contributed by atoms with van der Waals surface area (Å²) in [7, 11) is 0. The van der Waals surface area contributed by atoms with E-state index in [0.717, 1.165) is 11.1 Å². The minimum Gasteiger partial charge on any atom is -0.375 e. The number of hydrogen-bond acceptors (Lipinski definition) is 5. The summed E-state index contributed by atoms with van der Waals surface area (Å²) < 4.78 is 11.3. The lowest BCUT2D eigenvalue weighted by Crippen LogP contribution is -2.43. The van der Waals surface area contributed by atoms with Crippen molar-refractivity contribution >= 4 is 0 Å². The molecule has 0 aliphatic carbocycles. The first-order valence-electron chi connectivity index (χ1n) is 8.69. The van der Waals surface area contributed by atoms with Gasteiger partial charge in [-0.15, -0.1) is 0 Å². The molecule has 2 aromatic carbocycles. The predicted octanol–water partition coefficient (Wildman–Crippen LogP) is 1.66. The quantitative estimate of drug-likeness (QED) is 0.546. The van der Waals surface area contributed by atoms with Crippen LogP contribution in [0.3, 0.4) is 0 Å². The second-order valence-corrected chi connectivity index (χ2v) is 6.18. The van der Waals surface area contributed by atoms with Gasteiger partial charge in [-0.2, -0.15) is 0 Å². The Morgan fingerprint density at radius 1 is 0.680 bits per heavy atom. The summed E-state index contributed by atoms with van der Waals surface area (Å²) in [4.78, 5) is 0. The number of hydrogen-bond donors (Lipinski definition) is 3. The molecular formula is C20H29N3O2. The Balaban J connectivity index is 1.48. The molecule has 2 atom stereocenters. The van der Waals surface area contributed by atoms with Gasteiger partial charge in [-0.25, -0.2) is 0 Å². The van der Waals surface area contributed by atoms with Gasteiger partial charge in [-0.1, -0.05) is 60.7 Å². The van der Waals surface area contributed by atoms with Crippen molar-refractivity contribution in [3.63, 3.8) is 0 Å². The summed E-state index contributed by atoms with van der Waals surface area (Å²) in [6.07, 6.45) is 0. The zero-order valence-corrected chi connectivity index (χ0v) is 14.6. The Labute approximate surface area is 150 Å². The smallest absolute Gasteiger partial charge is 0.0717 e. The molecule has 0 bridgehead atoms. The van der Waals surface area contributed by atoms with Crippen molar-refractivity contribution in [1.82, 2.24) is 5.32 Å². The average Bonchev–Trinajstić information content (AvgIpc) is 2.63. The summed E-state index contributed by atoms with van der Waals surface area (Å²) in [5.74, 6) is 0. The number of nitrogens with two attached hydrogens (primary N) is 2. The Morgan fingerprint density at radius 2 is 1.08 bits per heavy atom. The van der Waals surface area contributed by atoms with Crippen molar-refractivity contribution in [3.05, 3.63) is 71.8 Å². The number of nitrogens with one attached hydrogen (secondary N) is 1. The lowest BCUT2D eigenvalue weighted by atomic mass is 10.2. The minimum absolute atomic E-state index is 0.0545. The largest absolute Gasteiger partial charge is 0.375 e. The van der Waals surface area contributed by atoms with Crippen molar-refractivity contribution in [2.24, 2.45) is 11.5 Å². The Hall–Kier alpha value is -1.76. The summed E-state index contributed by atoms with van der Waals surface area (Å²) in [5.41, 5.74) is 14.4. The molecule has 5 N–H and O–H groups in total. The third-order valence-electron chi connectivity index (χ3n) is 3.70. The summed E-state index contributed by atoms with van der Waals surface area (Å²) >= 11 is 0. The molecule has 0 aliphatic heterocycles. The number of ether oxygens (including phenoxy) is 2. The van der Waals surface area contributed by atoms with Gasteiger partial charge in [-0.05, 0) is 11.1 Å². The van der Waals surface area contributed by atoms with E-state index in [0.29, 0.717) is 39.5 Å². The highest BCUT2D eigenvalue weighted by atomic mass is 16.5. The van der Waals surface area contributed by atoms with Gasteiger partial charge in [0.2, 0.25) is 0 Å². The molecule has 0 aromatic heterocycles. The summed E-state index contributed by atoms with van der Waals surface area (Å²) in [6.45, 7) is 3.54. The lowest BCUT2D eigenvalue weighted by molar-refractivity contribution is 0.102. The maximum Gasteiger partial charge on any atom is 0.0717 e. The zero-order chi connectivity index (χ0) is 17.7. The van der Waals surface area contributed by atoms with Crippen LogP contribution in [-0.2, 0) is 22.7 Å². The van der Waals surface area contributed by atoms with Gasteiger partial charge in [0, 0.05) is 25.2 Å². The first kappa shape index (κ1) is 19.6. The minimum atomic E-state index is -0.0545. The van der Waals surface area contributed by atoms with Crippen molar-refractivity contribution in [2.45, 2.75) is 25.3 Å². The standard InChI is InChI=1S/C20H29N3O2/c21-19(15-24-13-17-7-3-1-4-8-17)11-23-12-20(22)16-25-14-18-9-5-2-6-10-18/h1-10,19-20,23H,11-16,21-22H2. The van der Waals surface area contributed by atoms with Crippen LogP contribution in [0.2, 0.25) is 0 Å². The van der Waals surface area contributed by atoms with Crippen LogP contribution in [0.25, 0.3) is 0 Å². The third kappa shape index (κ3) is 8.77. The third-order valence-corrected chi connectivity index (χ3v) is 3.70. The summed E-state index contributed by atoms with van der Waals surface area (Å²) in [5, 5.41) is 3.27. The molecule has 0 aliphatic rings. The van der Waals surface area contributed by atoms with Crippen molar-refractivity contribution < 1.29 is 9.47 Å². The molecule has 2 aromatic rings. The maximum atomic E-state index is 6.04. The molecule has 0 spiro atoms. The molecule has 0 fully saturated rings. The molecule has 0 heterocycles. The fourth-order valence-electron chi connectivity index (χ4n) is 2.38. The number of benzene rings is 2. The topological polar surface area (TPSA) is 82.5 Å². The van der Waals surface area contributed by atoms with Gasteiger partial charge >= 0.3 is 0 Å². The van der Waals surface area contributed by atoms with Crippen LogP contribution in [0.4, 0.5) is 0 Å². The molecule has 2 rings (SSSR count). The summed E-state index contributed by atoms with van der Waals surface area (Å²) in [6, 6.07) is 20.0. The molecule has 5 heteroatoms. The van der Waals surface area contributed by atoms with Crippen molar-refractivity contribution in [3.8, 4) is 0 Å².